The van der Waals surface area contributed by atoms with Gasteiger partial charge in [-0.1, -0.05) is 19.1 Å². The van der Waals surface area contributed by atoms with Crippen molar-refractivity contribution in [2.24, 2.45) is 17.8 Å². The summed E-state index contributed by atoms with van der Waals surface area (Å²) < 4.78 is 0. The Kier molecular flexibility index (Phi) is 2.94. The molecule has 0 saturated heterocycles. The number of aryl methyl sites for hydroxylation is 1. The number of pyridine rings is 1. The van der Waals surface area contributed by atoms with E-state index in [1.165, 1.54) is 35.3 Å². The van der Waals surface area contributed by atoms with E-state index >= 15 is 0 Å². The maximum Gasteiger partial charge on any atom is 0.0657 e. The highest BCUT2D eigenvalue weighted by molar-refractivity contribution is 5.74. The molecule has 2 N–H and O–H groups in total. The van der Waals surface area contributed by atoms with E-state index in [9.17, 15) is 5.11 Å². The van der Waals surface area contributed by atoms with Crippen LogP contribution in [0.25, 0.3) is 6.08 Å². The van der Waals surface area contributed by atoms with Crippen LogP contribution < -0.4 is 5.32 Å². The number of rotatable bonds is 3. The van der Waals surface area contributed by atoms with E-state index in [1.54, 1.807) is 0 Å². The summed E-state index contributed by atoms with van der Waals surface area (Å²) >= 11 is 0. The number of aromatic nitrogens is 1. The molecule has 1 aromatic heterocycles. The lowest BCUT2D eigenvalue weighted by atomic mass is 9.52. The fourth-order valence-corrected chi connectivity index (χ4v) is 6.06. The minimum atomic E-state index is -0.345. The molecule has 23 heavy (non-hydrogen) atoms. The maximum absolute atomic E-state index is 10.8. The number of nitrogens with zero attached hydrogens (tertiary/aromatic N) is 1. The Labute approximate surface area is 138 Å². The highest BCUT2D eigenvalue weighted by Crippen LogP contribution is 2.56. The summed E-state index contributed by atoms with van der Waals surface area (Å²) in [5.74, 6) is 2.06. The molecule has 3 nitrogen and oxygen atoms in total. The molecule has 1 heterocycles. The van der Waals surface area contributed by atoms with Gasteiger partial charge in [-0.3, -0.25) is 4.98 Å². The largest absolute Gasteiger partial charge is 0.390 e. The van der Waals surface area contributed by atoms with Crippen LogP contribution in [0.15, 0.2) is 12.3 Å². The smallest absolute Gasteiger partial charge is 0.0657 e. The van der Waals surface area contributed by atoms with E-state index in [1.807, 2.05) is 0 Å². The van der Waals surface area contributed by atoms with E-state index in [-0.39, 0.29) is 5.60 Å². The van der Waals surface area contributed by atoms with Gasteiger partial charge in [0, 0.05) is 29.9 Å². The van der Waals surface area contributed by atoms with E-state index in [2.05, 4.69) is 35.6 Å². The number of nitrogens with one attached hydrogen (secondary N) is 1. The first kappa shape index (κ1) is 14.0. The molecule has 4 saturated carbocycles. The summed E-state index contributed by atoms with van der Waals surface area (Å²) in [7, 11) is 0. The Morgan fingerprint density at radius 2 is 2.04 bits per heavy atom. The lowest BCUT2D eigenvalue weighted by molar-refractivity contribution is -0.129. The van der Waals surface area contributed by atoms with Gasteiger partial charge in [0.15, 0.2) is 0 Å². The van der Waals surface area contributed by atoms with Crippen molar-refractivity contribution in [3.8, 4) is 0 Å². The quantitative estimate of drug-likeness (QED) is 0.897. The summed E-state index contributed by atoms with van der Waals surface area (Å²) in [5, 5.41) is 14.8. The molecule has 0 aromatic carbocycles. The fraction of sp³-hybridized carbons (Fsp3) is 0.650. The highest BCUT2D eigenvalue weighted by Gasteiger charge is 2.54. The van der Waals surface area contributed by atoms with E-state index in [4.69, 9.17) is 0 Å². The third-order valence-corrected chi connectivity index (χ3v) is 6.81. The number of anilines is 1. The average Bonchev–Trinajstić information content (AvgIpc) is 2.98. The number of aliphatic hydroxyl groups is 1. The van der Waals surface area contributed by atoms with E-state index in [0.29, 0.717) is 17.9 Å². The normalized spacial score (nSPS) is 39.7. The number of hydrogen-bond donors (Lipinski definition) is 2. The van der Waals surface area contributed by atoms with Crippen molar-refractivity contribution in [2.45, 2.75) is 63.5 Å². The van der Waals surface area contributed by atoms with Crippen molar-refractivity contribution in [1.29, 1.82) is 0 Å². The lowest BCUT2D eigenvalue weighted by Gasteiger charge is -2.58. The van der Waals surface area contributed by atoms with Gasteiger partial charge < -0.3 is 10.4 Å². The van der Waals surface area contributed by atoms with Gasteiger partial charge in [-0.25, -0.2) is 0 Å². The lowest BCUT2D eigenvalue weighted by Crippen LogP contribution is -2.59. The third-order valence-electron chi connectivity index (χ3n) is 6.81. The molecule has 0 aliphatic heterocycles. The Hall–Kier alpha value is -1.35. The van der Waals surface area contributed by atoms with Crippen LogP contribution in [-0.2, 0) is 12.8 Å². The predicted molar refractivity (Wildman–Crippen MR) is 92.3 cm³/mol. The van der Waals surface area contributed by atoms with Crippen molar-refractivity contribution < 1.29 is 5.11 Å². The first-order valence-electron chi connectivity index (χ1n) is 9.31. The fourth-order valence-electron chi connectivity index (χ4n) is 6.06. The molecule has 1 aromatic rings. The van der Waals surface area contributed by atoms with Gasteiger partial charge in [-0.2, -0.15) is 0 Å². The molecule has 0 spiro atoms. The zero-order chi connectivity index (χ0) is 15.6. The van der Waals surface area contributed by atoms with Gasteiger partial charge >= 0.3 is 0 Å². The number of fused-ring (bicyclic) bond motifs is 1. The molecule has 5 aliphatic carbocycles. The van der Waals surface area contributed by atoms with E-state index in [0.717, 1.165) is 38.0 Å². The Morgan fingerprint density at radius 1 is 1.26 bits per heavy atom. The Bertz CT molecular complexity index is 664. The molecule has 2 unspecified atom stereocenters. The van der Waals surface area contributed by atoms with Crippen LogP contribution in [0.5, 0.6) is 0 Å². The molecule has 0 amide bonds. The minimum absolute atomic E-state index is 0.345. The van der Waals surface area contributed by atoms with Crippen LogP contribution in [0.1, 0.15) is 55.8 Å². The zero-order valence-corrected chi connectivity index (χ0v) is 13.9. The zero-order valence-electron chi connectivity index (χ0n) is 13.9. The van der Waals surface area contributed by atoms with Crippen LogP contribution in [0.3, 0.4) is 0 Å². The maximum atomic E-state index is 10.8. The van der Waals surface area contributed by atoms with Gasteiger partial charge in [-0.05, 0) is 61.8 Å². The third kappa shape index (κ3) is 2.09. The molecule has 4 bridgehead atoms. The molecular formula is C20H26N2O. The number of allylic oxidation sites excluding steroid dienone is 1. The molecule has 2 atom stereocenters. The summed E-state index contributed by atoms with van der Waals surface area (Å²) in [6.45, 7) is 2.22. The minimum Gasteiger partial charge on any atom is -0.390 e. The summed E-state index contributed by atoms with van der Waals surface area (Å²) in [5.41, 5.74) is 4.85. The first-order chi connectivity index (χ1) is 11.1. The first-order valence-corrected chi connectivity index (χ1v) is 9.31. The molecule has 0 radical (unpaired) electrons. The second kappa shape index (κ2) is 4.83. The summed E-state index contributed by atoms with van der Waals surface area (Å²) in [6.07, 6.45) is 14.2. The SMILES string of the molecule is CCc1cnc2c(c1NC1C3CC4CC1CC(O)(C4)C3)C=CC2. The van der Waals surface area contributed by atoms with Crippen molar-refractivity contribution in [3.63, 3.8) is 0 Å². The average molecular weight is 310 g/mol. The number of hydrogen-bond acceptors (Lipinski definition) is 3. The van der Waals surface area contributed by atoms with Crippen molar-refractivity contribution in [1.82, 2.24) is 4.98 Å². The van der Waals surface area contributed by atoms with Gasteiger partial charge in [-0.15, -0.1) is 0 Å². The monoisotopic (exact) mass is 310 g/mol. The Balaban J connectivity index is 1.49. The van der Waals surface area contributed by atoms with Gasteiger partial charge in [0.25, 0.3) is 0 Å². The molecule has 3 heteroatoms. The Morgan fingerprint density at radius 3 is 2.74 bits per heavy atom. The van der Waals surface area contributed by atoms with Crippen LogP contribution in [-0.4, -0.2) is 21.7 Å². The molecular weight excluding hydrogens is 284 g/mol. The summed E-state index contributed by atoms with van der Waals surface area (Å²) in [6, 6.07) is 0.539. The van der Waals surface area contributed by atoms with Gasteiger partial charge in [0.2, 0.25) is 0 Å². The van der Waals surface area contributed by atoms with Crippen LogP contribution in [0.4, 0.5) is 5.69 Å². The van der Waals surface area contributed by atoms with Crippen molar-refractivity contribution in [2.75, 3.05) is 5.32 Å². The molecule has 122 valence electrons. The standard InChI is InChI=1S/C20H26N2O/c1-2-13-11-21-17-5-3-4-16(17)19(13)22-18-14-6-12-7-15(18)10-20(23,8-12)9-14/h3-4,11-12,14-15,18,23H,2,5-10H2,1H3,(H,21,22). The predicted octanol–water partition coefficient (Wildman–Crippen LogP) is 3.56. The van der Waals surface area contributed by atoms with Crippen LogP contribution in [0.2, 0.25) is 0 Å². The topological polar surface area (TPSA) is 45.2 Å². The van der Waals surface area contributed by atoms with Gasteiger partial charge in [0.1, 0.15) is 0 Å². The van der Waals surface area contributed by atoms with Crippen molar-refractivity contribution >= 4 is 11.8 Å². The van der Waals surface area contributed by atoms with E-state index < -0.39 is 0 Å². The highest BCUT2D eigenvalue weighted by atomic mass is 16.3. The second-order valence-electron chi connectivity index (χ2n) is 8.34. The molecule has 4 fully saturated rings. The summed E-state index contributed by atoms with van der Waals surface area (Å²) in [4.78, 5) is 4.64. The molecule has 6 rings (SSSR count). The second-order valence-corrected chi connectivity index (χ2v) is 8.34. The van der Waals surface area contributed by atoms with Crippen LogP contribution >= 0.6 is 0 Å². The van der Waals surface area contributed by atoms with Crippen molar-refractivity contribution in [3.05, 3.63) is 29.1 Å². The van der Waals surface area contributed by atoms with Gasteiger partial charge in [0.05, 0.1) is 11.3 Å². The van der Waals surface area contributed by atoms with Crippen LogP contribution in [0, 0.1) is 17.8 Å². The molecule has 5 aliphatic rings.